The number of fused-ring (bicyclic) bond motifs is 5. The molecule has 8 atom stereocenters. The second-order valence-corrected chi connectivity index (χ2v) is 12.7. The monoisotopic (exact) mass is 412 g/mol. The molecule has 0 aromatic carbocycles. The fourth-order valence-corrected chi connectivity index (χ4v) is 9.22. The van der Waals surface area contributed by atoms with Crippen molar-refractivity contribution in [2.24, 2.45) is 52.3 Å². The lowest BCUT2D eigenvalue weighted by atomic mass is 9.46. The van der Waals surface area contributed by atoms with Gasteiger partial charge < -0.3 is 0 Å². The fourth-order valence-electron chi connectivity index (χ4n) is 9.22. The zero-order chi connectivity index (χ0) is 21.7. The van der Waals surface area contributed by atoms with Crippen LogP contribution in [0, 0.1) is 52.3 Å². The lowest BCUT2D eigenvalue weighted by Gasteiger charge is -2.58. The lowest BCUT2D eigenvalue weighted by Crippen LogP contribution is -2.51. The van der Waals surface area contributed by atoms with Crippen LogP contribution in [0.5, 0.6) is 0 Å². The molecule has 0 aromatic heterocycles. The minimum Gasteiger partial charge on any atom is -0.295 e. The Kier molecular flexibility index (Phi) is 6.33. The normalized spacial score (nSPS) is 42.9. The third kappa shape index (κ3) is 3.65. The first-order valence-corrected chi connectivity index (χ1v) is 13.4. The van der Waals surface area contributed by atoms with Crippen molar-refractivity contribution in [2.75, 3.05) is 0 Å². The van der Waals surface area contributed by atoms with Crippen molar-refractivity contribution >= 4 is 5.78 Å². The van der Waals surface area contributed by atoms with Crippen LogP contribution in [0.25, 0.3) is 0 Å². The van der Waals surface area contributed by atoms with Crippen LogP contribution >= 0.6 is 0 Å². The van der Waals surface area contributed by atoms with Crippen LogP contribution in [-0.2, 0) is 4.79 Å². The Bertz CT molecular complexity index is 674. The predicted octanol–water partition coefficient (Wildman–Crippen LogP) is 8.23. The highest BCUT2D eigenvalue weighted by molar-refractivity contribution is 5.91. The second-order valence-electron chi connectivity index (χ2n) is 12.7. The molecule has 4 aliphatic carbocycles. The number of carbonyl (C=O) groups excluding carboxylic acids is 1. The van der Waals surface area contributed by atoms with Gasteiger partial charge in [-0.1, -0.05) is 60.0 Å². The molecular weight excluding hydrogens is 364 g/mol. The number of carbonyl (C=O) groups is 1. The van der Waals surface area contributed by atoms with Crippen molar-refractivity contribution in [3.8, 4) is 0 Å². The van der Waals surface area contributed by atoms with Gasteiger partial charge in [0.25, 0.3) is 0 Å². The summed E-state index contributed by atoms with van der Waals surface area (Å²) in [4.78, 5) is 12.1. The van der Waals surface area contributed by atoms with Gasteiger partial charge in [-0.2, -0.15) is 0 Å². The van der Waals surface area contributed by atoms with Crippen molar-refractivity contribution in [3.05, 3.63) is 11.6 Å². The maximum absolute atomic E-state index is 12.1. The molecule has 3 saturated carbocycles. The predicted molar refractivity (Wildman–Crippen MR) is 127 cm³/mol. The number of hydrogen-bond acceptors (Lipinski definition) is 1. The van der Waals surface area contributed by atoms with Crippen molar-refractivity contribution in [2.45, 2.75) is 112 Å². The van der Waals surface area contributed by atoms with Crippen molar-refractivity contribution in [1.82, 2.24) is 0 Å². The zero-order valence-electron chi connectivity index (χ0n) is 20.8. The molecular formula is C29H48O. The molecule has 1 heteroatoms. The molecule has 4 aliphatic rings. The second kappa shape index (κ2) is 8.40. The molecule has 170 valence electrons. The highest BCUT2D eigenvalue weighted by atomic mass is 16.1. The van der Waals surface area contributed by atoms with Gasteiger partial charge in [0.05, 0.1) is 0 Å². The molecule has 0 aromatic rings. The van der Waals surface area contributed by atoms with E-state index in [-0.39, 0.29) is 0 Å². The van der Waals surface area contributed by atoms with Crippen LogP contribution in [0.4, 0.5) is 0 Å². The average molecular weight is 413 g/mol. The summed E-state index contributed by atoms with van der Waals surface area (Å²) in [6, 6.07) is 0. The van der Waals surface area contributed by atoms with Crippen LogP contribution in [0.15, 0.2) is 11.6 Å². The van der Waals surface area contributed by atoms with Gasteiger partial charge in [-0.3, -0.25) is 4.79 Å². The van der Waals surface area contributed by atoms with Gasteiger partial charge in [-0.25, -0.2) is 0 Å². The Morgan fingerprint density at radius 1 is 0.967 bits per heavy atom. The molecule has 0 saturated heterocycles. The van der Waals surface area contributed by atoms with E-state index in [0.29, 0.717) is 16.6 Å². The highest BCUT2D eigenvalue weighted by Gasteiger charge is 2.59. The molecule has 0 N–H and O–H groups in total. The molecule has 0 amide bonds. The first kappa shape index (κ1) is 22.6. The summed E-state index contributed by atoms with van der Waals surface area (Å²) in [7, 11) is 0. The summed E-state index contributed by atoms with van der Waals surface area (Å²) in [5.41, 5.74) is 2.42. The van der Waals surface area contributed by atoms with Gasteiger partial charge in [0.1, 0.15) is 0 Å². The number of ketones is 1. The number of hydrogen-bond donors (Lipinski definition) is 0. The van der Waals surface area contributed by atoms with E-state index in [1.165, 1.54) is 63.4 Å². The topological polar surface area (TPSA) is 17.1 Å². The zero-order valence-corrected chi connectivity index (χ0v) is 20.8. The van der Waals surface area contributed by atoms with E-state index in [1.54, 1.807) is 0 Å². The Morgan fingerprint density at radius 2 is 1.73 bits per heavy atom. The maximum Gasteiger partial charge on any atom is 0.155 e. The summed E-state index contributed by atoms with van der Waals surface area (Å²) in [6.07, 6.45) is 16.5. The van der Waals surface area contributed by atoms with Gasteiger partial charge >= 0.3 is 0 Å². The van der Waals surface area contributed by atoms with Gasteiger partial charge in [-0.05, 0) is 110 Å². The van der Waals surface area contributed by atoms with Gasteiger partial charge in [-0.15, -0.1) is 0 Å². The third-order valence-electron chi connectivity index (χ3n) is 11.2. The van der Waals surface area contributed by atoms with Gasteiger partial charge in [0, 0.05) is 6.42 Å². The summed E-state index contributed by atoms with van der Waals surface area (Å²) >= 11 is 0. The van der Waals surface area contributed by atoms with E-state index in [9.17, 15) is 4.79 Å². The summed E-state index contributed by atoms with van der Waals surface area (Å²) in [6.45, 7) is 15.0. The highest BCUT2D eigenvalue weighted by Crippen LogP contribution is 2.67. The summed E-state index contributed by atoms with van der Waals surface area (Å²) in [5.74, 6) is 6.63. The van der Waals surface area contributed by atoms with Crippen molar-refractivity contribution in [3.63, 3.8) is 0 Å². The van der Waals surface area contributed by atoms with E-state index in [0.717, 1.165) is 54.3 Å². The molecule has 4 rings (SSSR count). The van der Waals surface area contributed by atoms with Crippen LogP contribution in [0.2, 0.25) is 0 Å². The van der Waals surface area contributed by atoms with Crippen molar-refractivity contribution in [1.29, 1.82) is 0 Å². The Labute approximate surface area is 186 Å². The fraction of sp³-hybridized carbons (Fsp3) is 0.897. The molecule has 3 unspecified atom stereocenters. The van der Waals surface area contributed by atoms with Crippen LogP contribution in [-0.4, -0.2) is 5.78 Å². The maximum atomic E-state index is 12.1. The number of allylic oxidation sites excluding steroid dienone is 1. The van der Waals surface area contributed by atoms with Crippen LogP contribution < -0.4 is 0 Å². The number of rotatable bonds is 6. The van der Waals surface area contributed by atoms with Crippen molar-refractivity contribution < 1.29 is 4.79 Å². The first-order chi connectivity index (χ1) is 14.2. The standard InChI is InChI=1S/C29H48O/c1-7-21(19(2)3)9-8-20(4)25-12-13-26-24-11-10-22-18-23(30)14-16-28(22,5)27(24)15-17-29(25,26)6/h18-21,24-27H,7-17H2,1-6H3/t20?,21?,24-,25?,26-,27+,28-,29+/m0/s1. The Balaban J connectivity index is 1.48. The molecule has 0 bridgehead atoms. The lowest BCUT2D eigenvalue weighted by molar-refractivity contribution is -0.117. The van der Waals surface area contributed by atoms with Gasteiger partial charge in [0.15, 0.2) is 5.78 Å². The largest absolute Gasteiger partial charge is 0.295 e. The third-order valence-corrected chi connectivity index (χ3v) is 11.2. The molecule has 30 heavy (non-hydrogen) atoms. The summed E-state index contributed by atoms with van der Waals surface area (Å²) in [5, 5.41) is 0. The Hall–Kier alpha value is -0.590. The molecule has 3 fully saturated rings. The molecule has 0 aliphatic heterocycles. The quantitative estimate of drug-likeness (QED) is 0.429. The molecule has 0 radical (unpaired) electrons. The Morgan fingerprint density at radius 3 is 2.43 bits per heavy atom. The molecule has 1 nitrogen and oxygen atoms in total. The van der Waals surface area contributed by atoms with E-state index < -0.39 is 0 Å². The molecule has 0 heterocycles. The van der Waals surface area contributed by atoms with E-state index in [4.69, 9.17) is 0 Å². The van der Waals surface area contributed by atoms with Crippen LogP contribution in [0.1, 0.15) is 112 Å². The van der Waals surface area contributed by atoms with Gasteiger partial charge in [0.2, 0.25) is 0 Å². The average Bonchev–Trinajstić information content (AvgIpc) is 3.06. The first-order valence-electron chi connectivity index (χ1n) is 13.4. The van der Waals surface area contributed by atoms with E-state index in [2.05, 4.69) is 47.6 Å². The van der Waals surface area contributed by atoms with Crippen LogP contribution in [0.3, 0.4) is 0 Å². The smallest absolute Gasteiger partial charge is 0.155 e. The van der Waals surface area contributed by atoms with E-state index in [1.807, 2.05) is 0 Å². The molecule has 0 spiro atoms. The summed E-state index contributed by atoms with van der Waals surface area (Å²) < 4.78 is 0. The minimum absolute atomic E-state index is 0.327. The van der Waals surface area contributed by atoms with E-state index >= 15 is 0 Å². The SMILES string of the molecule is CCC(CCC(C)C1CC[C@H]2[C@@H]3CCC4=CC(=O)CC[C@]4(C)[C@@H]3CC[C@]12C)C(C)C. The minimum atomic E-state index is 0.327.